The Morgan fingerprint density at radius 1 is 0.923 bits per heavy atom. The zero-order valence-electron chi connectivity index (χ0n) is 9.18. The van der Waals surface area contributed by atoms with E-state index in [1.54, 1.807) is 0 Å². The van der Waals surface area contributed by atoms with Crippen LogP contribution in [0.4, 0.5) is 0 Å². The third-order valence-corrected chi connectivity index (χ3v) is 6.22. The van der Waals surface area contributed by atoms with E-state index in [1.165, 1.54) is 51.4 Å². The van der Waals surface area contributed by atoms with Gasteiger partial charge in [-0.15, -0.1) is 0 Å². The van der Waals surface area contributed by atoms with Gasteiger partial charge >= 0.3 is 102 Å². The molecule has 0 heterocycles. The van der Waals surface area contributed by atoms with E-state index < -0.39 is 9.39 Å². The van der Waals surface area contributed by atoms with Crippen LogP contribution in [-0.4, -0.2) is 34.8 Å². The minimum atomic E-state index is -1.24. The molecule has 3 heteroatoms. The van der Waals surface area contributed by atoms with Gasteiger partial charge in [-0.05, 0) is 0 Å². The third kappa shape index (κ3) is 13.3. The van der Waals surface area contributed by atoms with E-state index in [0.29, 0.717) is 0 Å². The summed E-state index contributed by atoms with van der Waals surface area (Å²) in [4.78, 5) is 0. The Kier molecular flexibility index (Phi) is 12.6. The first-order chi connectivity index (χ1) is 6.27. The van der Waals surface area contributed by atoms with Crippen molar-refractivity contribution < 1.29 is 3.83 Å². The SMILES string of the molecule is CCCCCCCCCC[Se](=O)[Na]. The van der Waals surface area contributed by atoms with Crippen LogP contribution in [0.5, 0.6) is 0 Å². The molecule has 0 bridgehead atoms. The summed E-state index contributed by atoms with van der Waals surface area (Å²) < 4.78 is 10.9. The van der Waals surface area contributed by atoms with Crippen LogP contribution in [-0.2, 0) is 3.83 Å². The zero-order chi connectivity index (χ0) is 9.94. The van der Waals surface area contributed by atoms with E-state index in [1.807, 2.05) is 0 Å². The van der Waals surface area contributed by atoms with Crippen molar-refractivity contribution in [2.45, 2.75) is 63.6 Å². The molecule has 1 atom stereocenters. The number of hydrogen-bond donors (Lipinski definition) is 0. The van der Waals surface area contributed by atoms with Gasteiger partial charge in [0.15, 0.2) is 0 Å². The minimum absolute atomic E-state index is 0.959. The summed E-state index contributed by atoms with van der Waals surface area (Å²) >= 11 is 0.959. The second-order valence-corrected chi connectivity index (χ2v) is 11.7. The molecule has 0 rings (SSSR count). The predicted octanol–water partition coefficient (Wildman–Crippen LogP) is 3.21. The molecule has 74 valence electrons. The molecule has 0 amide bonds. The Balaban J connectivity index is 2.87. The summed E-state index contributed by atoms with van der Waals surface area (Å²) in [6.45, 7) is 2.25. The first-order valence-corrected chi connectivity index (χ1v) is 13.4. The molecule has 0 aliphatic carbocycles. The molecule has 0 saturated carbocycles. The van der Waals surface area contributed by atoms with Gasteiger partial charge in [0.2, 0.25) is 0 Å². The van der Waals surface area contributed by atoms with Crippen LogP contribution >= 0.6 is 0 Å². The molecule has 0 spiro atoms. The molecular formula is C10H21NaOSe. The molecule has 0 aliphatic heterocycles. The Hall–Kier alpha value is 1.32. The molecule has 1 unspecified atom stereocenters. The third-order valence-electron chi connectivity index (χ3n) is 2.29. The number of rotatable bonds is 9. The van der Waals surface area contributed by atoms with Crippen molar-refractivity contribution in [3.05, 3.63) is 0 Å². The topological polar surface area (TPSA) is 17.1 Å². The summed E-state index contributed by atoms with van der Waals surface area (Å²) in [6.07, 6.45) is 10.9. The van der Waals surface area contributed by atoms with Crippen molar-refractivity contribution >= 4 is 34.8 Å². The molecule has 0 aliphatic rings. The molecule has 0 aromatic rings. The van der Waals surface area contributed by atoms with E-state index in [4.69, 9.17) is 0 Å². The summed E-state index contributed by atoms with van der Waals surface area (Å²) in [6, 6.07) is 0. The van der Waals surface area contributed by atoms with Gasteiger partial charge in [-0.25, -0.2) is 0 Å². The fourth-order valence-corrected chi connectivity index (χ4v) is 4.22. The summed E-state index contributed by atoms with van der Waals surface area (Å²) in [7, 11) is -1.24. The molecule has 0 saturated heterocycles. The van der Waals surface area contributed by atoms with Gasteiger partial charge in [0.05, 0.1) is 0 Å². The molecule has 0 fully saturated rings. The Bertz CT molecular complexity index is 128. The van der Waals surface area contributed by atoms with E-state index in [0.717, 1.165) is 30.7 Å². The van der Waals surface area contributed by atoms with Crippen molar-refractivity contribution in [2.24, 2.45) is 0 Å². The summed E-state index contributed by atoms with van der Waals surface area (Å²) in [5.74, 6) is 0. The van der Waals surface area contributed by atoms with E-state index in [-0.39, 0.29) is 0 Å². The molecule has 0 radical (unpaired) electrons. The van der Waals surface area contributed by atoms with Crippen LogP contribution in [0.1, 0.15) is 58.3 Å². The van der Waals surface area contributed by atoms with Crippen molar-refractivity contribution in [3.63, 3.8) is 0 Å². The zero-order valence-corrected chi connectivity index (χ0v) is 12.9. The van der Waals surface area contributed by atoms with E-state index in [9.17, 15) is 3.83 Å². The van der Waals surface area contributed by atoms with Crippen molar-refractivity contribution in [3.8, 4) is 0 Å². The fraction of sp³-hybridized carbons (Fsp3) is 1.00. The van der Waals surface area contributed by atoms with Crippen LogP contribution < -0.4 is 0 Å². The second kappa shape index (κ2) is 11.4. The van der Waals surface area contributed by atoms with Gasteiger partial charge in [0.25, 0.3) is 0 Å². The summed E-state index contributed by atoms with van der Waals surface area (Å²) in [5, 5.41) is 1.06. The molecule has 0 aromatic heterocycles. The van der Waals surface area contributed by atoms with Gasteiger partial charge in [0.1, 0.15) is 0 Å². The van der Waals surface area contributed by atoms with Gasteiger partial charge in [0, 0.05) is 0 Å². The first-order valence-electron chi connectivity index (χ1n) is 5.57. The van der Waals surface area contributed by atoms with Gasteiger partial charge in [-0.1, -0.05) is 0 Å². The van der Waals surface area contributed by atoms with Crippen LogP contribution in [0, 0.1) is 0 Å². The van der Waals surface area contributed by atoms with Crippen molar-refractivity contribution in [2.75, 3.05) is 0 Å². The van der Waals surface area contributed by atoms with Crippen LogP contribution in [0.25, 0.3) is 0 Å². The van der Waals surface area contributed by atoms with Crippen LogP contribution in [0.2, 0.25) is 5.32 Å². The first kappa shape index (κ1) is 14.3. The van der Waals surface area contributed by atoms with Crippen molar-refractivity contribution in [1.82, 2.24) is 0 Å². The molecule has 13 heavy (non-hydrogen) atoms. The average molecular weight is 259 g/mol. The Labute approximate surface area is 101 Å². The van der Waals surface area contributed by atoms with E-state index >= 15 is 0 Å². The normalized spacial score (nSPS) is 13.2. The van der Waals surface area contributed by atoms with Crippen molar-refractivity contribution in [1.29, 1.82) is 0 Å². The van der Waals surface area contributed by atoms with Gasteiger partial charge in [-0.2, -0.15) is 0 Å². The predicted molar refractivity (Wildman–Crippen MR) is 59.6 cm³/mol. The maximum atomic E-state index is 10.9. The Morgan fingerprint density at radius 2 is 1.38 bits per heavy atom. The summed E-state index contributed by atoms with van der Waals surface area (Å²) in [5.41, 5.74) is 0. The van der Waals surface area contributed by atoms with Crippen LogP contribution in [0.3, 0.4) is 0 Å². The monoisotopic (exact) mass is 260 g/mol. The Morgan fingerprint density at radius 3 is 1.85 bits per heavy atom. The fourth-order valence-electron chi connectivity index (χ4n) is 1.44. The van der Waals surface area contributed by atoms with E-state index in [2.05, 4.69) is 6.92 Å². The second-order valence-electron chi connectivity index (χ2n) is 3.75. The average Bonchev–Trinajstić information content (AvgIpc) is 2.09. The molecule has 1 nitrogen and oxygen atoms in total. The number of unbranched alkanes of at least 4 members (excludes halogenated alkanes) is 7. The quantitative estimate of drug-likeness (QED) is 0.459. The molecular weight excluding hydrogens is 238 g/mol. The molecule has 0 aromatic carbocycles. The van der Waals surface area contributed by atoms with Crippen LogP contribution in [0.15, 0.2) is 0 Å². The standard InChI is InChI=1S/C10H21OSe.Na/c1-2-3-4-5-6-7-8-9-10-12-11;/h2-10H2,1H3;/q+1;-1. The van der Waals surface area contributed by atoms with Gasteiger partial charge in [-0.3, -0.25) is 0 Å². The maximum absolute atomic E-state index is 10.9. The van der Waals surface area contributed by atoms with Gasteiger partial charge < -0.3 is 0 Å². The molecule has 0 N–H and O–H groups in total. The number of hydrogen-bond acceptors (Lipinski definition) is 1.